The lowest BCUT2D eigenvalue weighted by atomic mass is 9.63. The van der Waals surface area contributed by atoms with Crippen LogP contribution in [0.1, 0.15) is 82.3 Å². The van der Waals surface area contributed by atoms with Crippen molar-refractivity contribution in [3.8, 4) is 0 Å². The fourth-order valence-corrected chi connectivity index (χ4v) is 5.93. The number of halogens is 2. The first-order chi connectivity index (χ1) is 14.1. The van der Waals surface area contributed by atoms with Crippen LogP contribution in [0.15, 0.2) is 36.4 Å². The molecule has 2 aromatic carbocycles. The highest BCUT2D eigenvalue weighted by Gasteiger charge is 2.36. The number of allylic oxidation sites excluding steroid dienone is 2. The Balaban J connectivity index is 1.55. The van der Waals surface area contributed by atoms with E-state index in [1.54, 1.807) is 0 Å². The molecule has 0 N–H and O–H groups in total. The van der Waals surface area contributed by atoms with Crippen LogP contribution in [0.25, 0.3) is 10.8 Å². The molecule has 29 heavy (non-hydrogen) atoms. The normalized spacial score (nSPS) is 27.4. The van der Waals surface area contributed by atoms with Crippen molar-refractivity contribution in [3.63, 3.8) is 0 Å². The topological polar surface area (TPSA) is 0 Å². The van der Waals surface area contributed by atoms with Crippen molar-refractivity contribution in [2.45, 2.75) is 77.6 Å². The zero-order valence-corrected chi connectivity index (χ0v) is 17.9. The van der Waals surface area contributed by atoms with Gasteiger partial charge in [0.1, 0.15) is 11.6 Å². The summed E-state index contributed by atoms with van der Waals surface area (Å²) in [7, 11) is 0. The Kier molecular flexibility index (Phi) is 6.37. The molecule has 2 unspecified atom stereocenters. The van der Waals surface area contributed by atoms with Crippen LogP contribution in [0.4, 0.5) is 8.78 Å². The van der Waals surface area contributed by atoms with E-state index in [0.29, 0.717) is 17.4 Å². The molecule has 2 aliphatic rings. The summed E-state index contributed by atoms with van der Waals surface area (Å²) in [6.07, 6.45) is 14.2. The first-order valence-corrected chi connectivity index (χ1v) is 11.6. The molecule has 0 aromatic heterocycles. The Bertz CT molecular complexity index is 882. The van der Waals surface area contributed by atoms with Gasteiger partial charge < -0.3 is 0 Å². The summed E-state index contributed by atoms with van der Waals surface area (Å²) in [5.74, 6) is 2.31. The summed E-state index contributed by atoms with van der Waals surface area (Å²) < 4.78 is 30.0. The van der Waals surface area contributed by atoms with Crippen LogP contribution in [0.5, 0.6) is 0 Å². The van der Waals surface area contributed by atoms with Crippen LogP contribution in [0.2, 0.25) is 0 Å². The van der Waals surface area contributed by atoms with Crippen molar-refractivity contribution in [3.05, 3.63) is 59.2 Å². The molecule has 0 aliphatic heterocycles. The molecule has 0 amide bonds. The molecule has 0 saturated heterocycles. The first kappa shape index (κ1) is 20.6. The third-order valence-corrected chi connectivity index (χ3v) is 7.71. The summed E-state index contributed by atoms with van der Waals surface area (Å²) in [6, 6.07) is 7.25. The van der Waals surface area contributed by atoms with Crippen molar-refractivity contribution in [2.75, 3.05) is 0 Å². The van der Waals surface area contributed by atoms with Crippen LogP contribution < -0.4 is 0 Å². The summed E-state index contributed by atoms with van der Waals surface area (Å²) in [6.45, 7) is 4.28. The number of hydrogen-bond donors (Lipinski definition) is 0. The van der Waals surface area contributed by atoms with Gasteiger partial charge in [-0.1, -0.05) is 44.1 Å². The van der Waals surface area contributed by atoms with Gasteiger partial charge in [-0.25, -0.2) is 8.78 Å². The van der Waals surface area contributed by atoms with Crippen LogP contribution in [0, 0.1) is 29.4 Å². The maximum absolute atomic E-state index is 15.4. The summed E-state index contributed by atoms with van der Waals surface area (Å²) in [4.78, 5) is 0. The van der Waals surface area contributed by atoms with Gasteiger partial charge in [0.15, 0.2) is 0 Å². The maximum atomic E-state index is 15.4. The van der Waals surface area contributed by atoms with Crippen LogP contribution in [-0.4, -0.2) is 0 Å². The maximum Gasteiger partial charge on any atom is 0.134 e. The molecule has 4 atom stereocenters. The molecule has 0 radical (unpaired) electrons. The van der Waals surface area contributed by atoms with Gasteiger partial charge in [0, 0.05) is 5.39 Å². The second-order valence-corrected chi connectivity index (χ2v) is 9.36. The lowest BCUT2D eigenvalue weighted by Gasteiger charge is -2.42. The van der Waals surface area contributed by atoms with Gasteiger partial charge >= 0.3 is 0 Å². The summed E-state index contributed by atoms with van der Waals surface area (Å²) in [5.41, 5.74) is 1.49. The SMILES string of the molecule is C/C=C/CCc1cc2ccc([C@@H]3CC[C@@H]4CC(CC)CCC4C3)c(F)c2cc1F. The van der Waals surface area contributed by atoms with E-state index in [0.717, 1.165) is 48.0 Å². The minimum Gasteiger partial charge on any atom is -0.207 e. The molecule has 2 fully saturated rings. The number of hydrogen-bond acceptors (Lipinski definition) is 0. The Morgan fingerprint density at radius 3 is 2.59 bits per heavy atom. The van der Waals surface area contributed by atoms with E-state index in [2.05, 4.69) is 6.92 Å². The van der Waals surface area contributed by atoms with E-state index in [9.17, 15) is 4.39 Å². The Hall–Kier alpha value is -1.70. The molecule has 2 saturated carbocycles. The summed E-state index contributed by atoms with van der Waals surface area (Å²) >= 11 is 0. The third kappa shape index (κ3) is 4.27. The van der Waals surface area contributed by atoms with E-state index in [-0.39, 0.29) is 17.6 Å². The number of aryl methyl sites for hydroxylation is 1. The van der Waals surface area contributed by atoms with Gasteiger partial charge in [-0.05, 0) is 104 Å². The smallest absolute Gasteiger partial charge is 0.134 e. The van der Waals surface area contributed by atoms with E-state index >= 15 is 4.39 Å². The van der Waals surface area contributed by atoms with Crippen molar-refractivity contribution in [1.82, 2.24) is 0 Å². The summed E-state index contributed by atoms with van der Waals surface area (Å²) in [5, 5.41) is 1.27. The van der Waals surface area contributed by atoms with Crippen LogP contribution >= 0.6 is 0 Å². The fourth-order valence-electron chi connectivity index (χ4n) is 5.93. The van der Waals surface area contributed by atoms with Gasteiger partial charge in [0.25, 0.3) is 0 Å². The molecule has 0 nitrogen and oxygen atoms in total. The molecule has 0 spiro atoms. The Labute approximate surface area is 174 Å². The molecule has 2 heteroatoms. The highest BCUT2D eigenvalue weighted by atomic mass is 19.1. The van der Waals surface area contributed by atoms with Crippen molar-refractivity contribution in [1.29, 1.82) is 0 Å². The van der Waals surface area contributed by atoms with Gasteiger partial charge in [0.05, 0.1) is 0 Å². The average molecular weight is 397 g/mol. The largest absolute Gasteiger partial charge is 0.207 e. The minimum absolute atomic E-state index is 0.188. The number of fused-ring (bicyclic) bond motifs is 2. The predicted octanol–water partition coefficient (Wildman–Crippen LogP) is 8.34. The number of rotatable bonds is 5. The van der Waals surface area contributed by atoms with E-state index in [1.165, 1.54) is 38.2 Å². The van der Waals surface area contributed by atoms with Gasteiger partial charge in [0.2, 0.25) is 0 Å². The number of benzene rings is 2. The van der Waals surface area contributed by atoms with Crippen molar-refractivity contribution < 1.29 is 8.78 Å². The second-order valence-electron chi connectivity index (χ2n) is 9.36. The van der Waals surface area contributed by atoms with Gasteiger partial charge in [-0.15, -0.1) is 0 Å². The molecule has 156 valence electrons. The molecule has 4 rings (SSSR count). The molecule has 2 aromatic rings. The predicted molar refractivity (Wildman–Crippen MR) is 118 cm³/mol. The van der Waals surface area contributed by atoms with Crippen molar-refractivity contribution in [2.24, 2.45) is 17.8 Å². The zero-order chi connectivity index (χ0) is 20.4. The molecular weight excluding hydrogens is 362 g/mol. The van der Waals surface area contributed by atoms with E-state index in [4.69, 9.17) is 0 Å². The fraction of sp³-hybridized carbons (Fsp3) is 0.556. The van der Waals surface area contributed by atoms with Crippen LogP contribution in [0.3, 0.4) is 0 Å². The average Bonchev–Trinajstić information content (AvgIpc) is 2.74. The van der Waals surface area contributed by atoms with Gasteiger partial charge in [-0.2, -0.15) is 0 Å². The minimum atomic E-state index is -0.278. The molecule has 0 heterocycles. The van der Waals surface area contributed by atoms with Crippen molar-refractivity contribution >= 4 is 10.8 Å². The molecule has 0 bridgehead atoms. The zero-order valence-electron chi connectivity index (χ0n) is 17.9. The second kappa shape index (κ2) is 8.98. The lowest BCUT2D eigenvalue weighted by molar-refractivity contribution is 0.116. The highest BCUT2D eigenvalue weighted by Crippen LogP contribution is 2.48. The van der Waals surface area contributed by atoms with E-state index < -0.39 is 0 Å². The monoisotopic (exact) mass is 396 g/mol. The molecule has 2 aliphatic carbocycles. The first-order valence-electron chi connectivity index (χ1n) is 11.6. The lowest BCUT2D eigenvalue weighted by Crippen LogP contribution is -2.30. The highest BCUT2D eigenvalue weighted by molar-refractivity contribution is 5.85. The van der Waals surface area contributed by atoms with Crippen LogP contribution in [-0.2, 0) is 6.42 Å². The van der Waals surface area contributed by atoms with E-state index in [1.807, 2.05) is 37.3 Å². The third-order valence-electron chi connectivity index (χ3n) is 7.71. The standard InChI is InChI=1S/C27H34F2/c1-3-5-6-7-23-16-22-12-13-24(27(29)25(22)17-26(23)28)21-11-10-19-14-18(4-2)8-9-20(19)15-21/h3,5,12-13,16-21H,4,6-11,14-15H2,1-2H3/b5-3+/t18?,19-,20?,21-/m1/s1. The Morgan fingerprint density at radius 1 is 1.00 bits per heavy atom. The molecular formula is C27H34F2. The van der Waals surface area contributed by atoms with Gasteiger partial charge in [-0.3, -0.25) is 0 Å². The Morgan fingerprint density at radius 2 is 1.79 bits per heavy atom. The quantitative estimate of drug-likeness (QED) is 0.446.